The summed E-state index contributed by atoms with van der Waals surface area (Å²) >= 11 is 0. The Morgan fingerprint density at radius 3 is 2.23 bits per heavy atom. The second kappa shape index (κ2) is 11.1. The summed E-state index contributed by atoms with van der Waals surface area (Å²) in [6, 6.07) is 0. The molecule has 1 amide bonds. The molecule has 0 unspecified atom stereocenters. The van der Waals surface area contributed by atoms with Gasteiger partial charge in [-0.3, -0.25) is 14.7 Å². The number of amides is 1. The number of aliphatic hydroxyl groups is 1. The van der Waals surface area contributed by atoms with Crippen LogP contribution in [0.25, 0.3) is 11.2 Å². The van der Waals surface area contributed by atoms with E-state index in [0.717, 1.165) is 0 Å². The van der Waals surface area contributed by atoms with Gasteiger partial charge in [0, 0.05) is 6.92 Å². The molecule has 2 aliphatic rings. The Morgan fingerprint density at radius 1 is 1.08 bits per heavy atom. The molecule has 2 fully saturated rings. The highest BCUT2D eigenvalue weighted by Crippen LogP contribution is 2.48. The number of rotatable bonds is 7. The van der Waals surface area contributed by atoms with Crippen LogP contribution >= 0.6 is 0 Å². The Balaban J connectivity index is 1.79. The van der Waals surface area contributed by atoms with E-state index in [1.165, 1.54) is 20.4 Å². The van der Waals surface area contributed by atoms with Crippen molar-refractivity contribution in [2.45, 2.75) is 109 Å². The number of hydrogen-bond donors (Lipinski definition) is 2. The third-order valence-corrected chi connectivity index (χ3v) is 18.0. The molecule has 2 aliphatic heterocycles. The zero-order valence-corrected chi connectivity index (χ0v) is 26.6. The molecule has 39 heavy (non-hydrogen) atoms. The Hall–Kier alpha value is -1.95. The van der Waals surface area contributed by atoms with Crippen molar-refractivity contribution in [3.05, 3.63) is 6.33 Å². The van der Waals surface area contributed by atoms with E-state index in [9.17, 15) is 9.90 Å². The molecule has 0 aromatic carbocycles. The highest BCUT2D eigenvalue weighted by Gasteiger charge is 2.61. The van der Waals surface area contributed by atoms with Crippen LogP contribution in [-0.4, -0.2) is 79.7 Å². The number of carbonyl (C=O) groups excluding carboxylic acids is 1. The molecule has 4 rings (SSSR count). The molecule has 2 aromatic heterocycles. The summed E-state index contributed by atoms with van der Waals surface area (Å²) in [5.41, 5.74) is 1.34. The number of nitrogens with zero attached hydrogens (tertiary/aromatic N) is 4. The third-order valence-electron chi connectivity index (χ3n) is 7.79. The molecular formula is C25H43N5O7Si2. The van der Waals surface area contributed by atoms with Crippen molar-refractivity contribution in [2.24, 2.45) is 0 Å². The van der Waals surface area contributed by atoms with Gasteiger partial charge >= 0.3 is 17.1 Å². The number of fused-ring (bicyclic) bond motifs is 2. The number of nitrogens with one attached hydrogen (secondary N) is 1. The highest BCUT2D eigenvalue weighted by atomic mass is 28.5. The van der Waals surface area contributed by atoms with E-state index in [1.54, 1.807) is 4.57 Å². The van der Waals surface area contributed by atoms with Gasteiger partial charge in [-0.1, -0.05) is 55.4 Å². The van der Waals surface area contributed by atoms with Crippen LogP contribution in [0.3, 0.4) is 0 Å². The number of anilines is 1. The first-order valence-corrected chi connectivity index (χ1v) is 17.6. The normalized spacial score (nSPS) is 26.7. The molecule has 0 saturated carbocycles. The second-order valence-corrected chi connectivity index (χ2v) is 20.5. The average Bonchev–Trinajstić information content (AvgIpc) is 3.38. The van der Waals surface area contributed by atoms with E-state index in [1.807, 2.05) is 0 Å². The Labute approximate surface area is 232 Å². The topological polar surface area (TPSA) is 139 Å². The maximum absolute atomic E-state index is 11.7. The lowest BCUT2D eigenvalue weighted by molar-refractivity contribution is -0.114. The van der Waals surface area contributed by atoms with Crippen molar-refractivity contribution in [3.63, 3.8) is 0 Å². The summed E-state index contributed by atoms with van der Waals surface area (Å²) < 4.78 is 34.5. The molecule has 2 saturated heterocycles. The van der Waals surface area contributed by atoms with Crippen LogP contribution in [0.5, 0.6) is 5.88 Å². The molecule has 4 atom stereocenters. The van der Waals surface area contributed by atoms with Gasteiger partial charge in [-0.15, -0.1) is 0 Å². The molecule has 4 heterocycles. The molecular weight excluding hydrogens is 538 g/mol. The van der Waals surface area contributed by atoms with E-state index in [0.29, 0.717) is 11.2 Å². The SMILES string of the molecule is COc1nc(NC(C)=O)nc2c1ncn2[C@@H]1O[C@@H]2CO[Si](C(C)C)(C(C)C)O[Si](C(C)C)(C(C)C)O[C@H]2[C@H]1O. The first-order chi connectivity index (χ1) is 18.3. The van der Waals surface area contributed by atoms with Crippen LogP contribution in [0.1, 0.15) is 68.5 Å². The molecule has 218 valence electrons. The van der Waals surface area contributed by atoms with Gasteiger partial charge in [-0.25, -0.2) is 4.98 Å². The van der Waals surface area contributed by atoms with Gasteiger partial charge in [-0.05, 0) is 22.2 Å². The van der Waals surface area contributed by atoms with E-state index < -0.39 is 41.7 Å². The van der Waals surface area contributed by atoms with Crippen LogP contribution in [0.15, 0.2) is 6.33 Å². The fraction of sp³-hybridized carbons (Fsp3) is 0.760. The minimum atomic E-state index is -2.94. The maximum Gasteiger partial charge on any atom is 0.335 e. The molecule has 12 nitrogen and oxygen atoms in total. The summed E-state index contributed by atoms with van der Waals surface area (Å²) in [4.78, 5) is 24.8. The van der Waals surface area contributed by atoms with Crippen molar-refractivity contribution in [1.29, 1.82) is 0 Å². The first-order valence-electron chi connectivity index (χ1n) is 13.7. The van der Waals surface area contributed by atoms with E-state index in [-0.39, 0.29) is 46.5 Å². The number of imidazole rings is 1. The lowest BCUT2D eigenvalue weighted by Crippen LogP contribution is -2.65. The molecule has 0 aliphatic carbocycles. The lowest BCUT2D eigenvalue weighted by Gasteiger charge is -2.51. The minimum absolute atomic E-state index is 0.0655. The summed E-state index contributed by atoms with van der Waals surface area (Å²) in [7, 11) is -4.23. The molecule has 0 radical (unpaired) electrons. The largest absolute Gasteiger partial charge is 0.479 e. The summed E-state index contributed by atoms with van der Waals surface area (Å²) in [5.74, 6) is -0.0595. The number of carbonyl (C=O) groups is 1. The number of ether oxygens (including phenoxy) is 2. The fourth-order valence-electron chi connectivity index (χ4n) is 5.80. The average molecular weight is 582 g/mol. The van der Waals surface area contributed by atoms with Gasteiger partial charge < -0.3 is 27.5 Å². The highest BCUT2D eigenvalue weighted by molar-refractivity contribution is 6.84. The summed E-state index contributed by atoms with van der Waals surface area (Å²) in [6.45, 7) is 18.8. The standard InChI is InChI=1S/C25H43N5O7Si2/c1-13(2)38(14(3)4)34-11-18-21(36-39(37-38,15(5)6)16(7)8)20(32)24(35-18)30-12-26-19-22(30)28-25(27-17(9)31)29-23(19)33-10/h12-16,18,20-21,24,32H,11H2,1-10H3,(H,27,28,29,31)/t18-,20-,21-,24-/m1/s1. The third kappa shape index (κ3) is 5.16. The predicted octanol–water partition coefficient (Wildman–Crippen LogP) is 4.01. The molecule has 2 aromatic rings. The van der Waals surface area contributed by atoms with Gasteiger partial charge in [0.25, 0.3) is 0 Å². The summed E-state index contributed by atoms with van der Waals surface area (Å²) in [5, 5.41) is 14.3. The van der Waals surface area contributed by atoms with Gasteiger partial charge in [-0.2, -0.15) is 9.97 Å². The monoisotopic (exact) mass is 581 g/mol. The predicted molar refractivity (Wildman–Crippen MR) is 150 cm³/mol. The van der Waals surface area contributed by atoms with Gasteiger partial charge in [0.05, 0.1) is 20.0 Å². The van der Waals surface area contributed by atoms with Gasteiger partial charge in [0.15, 0.2) is 17.4 Å². The van der Waals surface area contributed by atoms with Crippen molar-refractivity contribution in [3.8, 4) is 5.88 Å². The molecule has 0 bridgehead atoms. The van der Waals surface area contributed by atoms with E-state index in [4.69, 9.17) is 22.4 Å². The quantitative estimate of drug-likeness (QED) is 0.461. The summed E-state index contributed by atoms with van der Waals surface area (Å²) in [6.07, 6.45) is -1.59. The molecule has 14 heteroatoms. The zero-order chi connectivity index (χ0) is 28.9. The van der Waals surface area contributed by atoms with Crippen molar-refractivity contribution in [1.82, 2.24) is 19.5 Å². The fourth-order valence-corrected chi connectivity index (χ4v) is 17.0. The number of hydrogen-bond acceptors (Lipinski definition) is 10. The van der Waals surface area contributed by atoms with Crippen molar-refractivity contribution < 1.29 is 32.3 Å². The second-order valence-electron chi connectivity index (χ2n) is 11.7. The minimum Gasteiger partial charge on any atom is -0.479 e. The number of methoxy groups -OCH3 is 1. The number of aromatic nitrogens is 4. The van der Waals surface area contributed by atoms with Gasteiger partial charge in [0.1, 0.15) is 18.3 Å². The Morgan fingerprint density at radius 2 is 1.69 bits per heavy atom. The van der Waals surface area contributed by atoms with Gasteiger partial charge in [0.2, 0.25) is 17.7 Å². The van der Waals surface area contributed by atoms with Crippen LogP contribution in [0.2, 0.25) is 22.2 Å². The zero-order valence-electron chi connectivity index (χ0n) is 24.6. The molecule has 2 N–H and O–H groups in total. The van der Waals surface area contributed by atoms with Crippen LogP contribution in [0.4, 0.5) is 5.95 Å². The molecule has 0 spiro atoms. The van der Waals surface area contributed by atoms with Crippen LogP contribution in [0, 0.1) is 0 Å². The van der Waals surface area contributed by atoms with Crippen LogP contribution < -0.4 is 10.1 Å². The Kier molecular flexibility index (Phi) is 8.58. The van der Waals surface area contributed by atoms with E-state index in [2.05, 4.69) is 75.7 Å². The van der Waals surface area contributed by atoms with Crippen molar-refractivity contribution >= 4 is 40.1 Å². The number of aliphatic hydroxyl groups excluding tert-OH is 1. The van der Waals surface area contributed by atoms with Crippen LogP contribution in [-0.2, 0) is 22.5 Å². The first kappa shape index (κ1) is 30.0. The Bertz CT molecular complexity index is 1180. The van der Waals surface area contributed by atoms with Crippen molar-refractivity contribution in [2.75, 3.05) is 19.0 Å². The smallest absolute Gasteiger partial charge is 0.335 e. The van der Waals surface area contributed by atoms with E-state index >= 15 is 0 Å². The lowest BCUT2D eigenvalue weighted by atomic mass is 10.1. The maximum atomic E-state index is 11.7.